The highest BCUT2D eigenvalue weighted by Gasteiger charge is 2.30. The van der Waals surface area contributed by atoms with Gasteiger partial charge in [0.2, 0.25) is 5.91 Å². The van der Waals surface area contributed by atoms with Gasteiger partial charge in [-0.3, -0.25) is 9.89 Å². The molecule has 0 fully saturated rings. The number of anilines is 1. The molecular weight excluding hydrogens is 238 g/mol. The van der Waals surface area contributed by atoms with Crippen molar-refractivity contribution in [3.8, 4) is 0 Å². The van der Waals surface area contributed by atoms with Gasteiger partial charge in [-0.1, -0.05) is 31.2 Å². The van der Waals surface area contributed by atoms with Gasteiger partial charge in [-0.15, -0.1) is 0 Å². The van der Waals surface area contributed by atoms with E-state index in [0.717, 1.165) is 17.7 Å². The van der Waals surface area contributed by atoms with Gasteiger partial charge in [0.25, 0.3) is 0 Å². The fraction of sp³-hybridized carbons (Fsp3) is 0.333. The van der Waals surface area contributed by atoms with Crippen LogP contribution >= 0.6 is 0 Å². The molecule has 1 aliphatic heterocycles. The Labute approximate surface area is 112 Å². The van der Waals surface area contributed by atoms with Crippen LogP contribution in [-0.2, 0) is 11.2 Å². The van der Waals surface area contributed by atoms with Crippen molar-refractivity contribution in [2.75, 3.05) is 5.32 Å². The van der Waals surface area contributed by atoms with Crippen LogP contribution in [0.15, 0.2) is 24.3 Å². The van der Waals surface area contributed by atoms with Crippen LogP contribution in [0.2, 0.25) is 0 Å². The van der Waals surface area contributed by atoms with Crippen LogP contribution in [-0.4, -0.2) is 16.1 Å². The predicted octanol–water partition coefficient (Wildman–Crippen LogP) is 2.75. The van der Waals surface area contributed by atoms with E-state index < -0.39 is 0 Å². The molecule has 0 spiro atoms. The third-order valence-electron chi connectivity index (χ3n) is 3.78. The van der Waals surface area contributed by atoms with Crippen LogP contribution in [0.5, 0.6) is 0 Å². The van der Waals surface area contributed by atoms with E-state index in [1.54, 1.807) is 0 Å². The molecule has 1 aromatic carbocycles. The maximum absolute atomic E-state index is 11.8. The maximum atomic E-state index is 11.8. The van der Waals surface area contributed by atoms with Crippen molar-refractivity contribution in [1.29, 1.82) is 0 Å². The second-order valence-corrected chi connectivity index (χ2v) is 5.01. The molecule has 0 bridgehead atoms. The molecule has 2 N–H and O–H groups in total. The number of benzene rings is 1. The second kappa shape index (κ2) is 4.53. The number of amides is 1. The number of carbonyl (C=O) groups excluding carboxylic acids is 1. The highest BCUT2D eigenvalue weighted by atomic mass is 16.1. The van der Waals surface area contributed by atoms with Gasteiger partial charge in [0.1, 0.15) is 0 Å². The van der Waals surface area contributed by atoms with Crippen molar-refractivity contribution in [2.24, 2.45) is 0 Å². The number of hydrogen-bond donors (Lipinski definition) is 2. The summed E-state index contributed by atoms with van der Waals surface area (Å²) in [6, 6.07) is 8.52. The molecule has 2 heterocycles. The summed E-state index contributed by atoms with van der Waals surface area (Å²) in [5, 5.41) is 9.94. The molecular formula is C15H17N3O. The van der Waals surface area contributed by atoms with E-state index in [9.17, 15) is 4.79 Å². The van der Waals surface area contributed by atoms with Gasteiger partial charge < -0.3 is 5.32 Å². The first-order valence-electron chi connectivity index (χ1n) is 6.62. The lowest BCUT2D eigenvalue weighted by molar-refractivity contribution is -0.116. The van der Waals surface area contributed by atoms with Crippen molar-refractivity contribution in [1.82, 2.24) is 10.2 Å². The summed E-state index contributed by atoms with van der Waals surface area (Å²) in [7, 11) is 0. The second-order valence-electron chi connectivity index (χ2n) is 5.01. The highest BCUT2D eigenvalue weighted by molar-refractivity contribution is 5.94. The van der Waals surface area contributed by atoms with Crippen molar-refractivity contribution < 1.29 is 4.79 Å². The lowest BCUT2D eigenvalue weighted by Crippen LogP contribution is -2.23. The fourth-order valence-electron chi connectivity index (χ4n) is 2.70. The zero-order valence-corrected chi connectivity index (χ0v) is 11.2. The van der Waals surface area contributed by atoms with Gasteiger partial charge in [0.05, 0.1) is 0 Å². The van der Waals surface area contributed by atoms with Crippen LogP contribution in [0.25, 0.3) is 0 Å². The predicted molar refractivity (Wildman–Crippen MR) is 74.2 cm³/mol. The minimum atomic E-state index is 0.0311. The Kier molecular flexibility index (Phi) is 2.85. The van der Waals surface area contributed by atoms with Gasteiger partial charge in [-0.05, 0) is 24.5 Å². The highest BCUT2D eigenvalue weighted by Crippen LogP contribution is 2.37. The average molecular weight is 255 g/mol. The van der Waals surface area contributed by atoms with Crippen molar-refractivity contribution >= 4 is 11.7 Å². The smallest absolute Gasteiger partial charge is 0.226 e. The lowest BCUT2D eigenvalue weighted by Gasteiger charge is -2.23. The van der Waals surface area contributed by atoms with Gasteiger partial charge in [0.15, 0.2) is 5.82 Å². The number of aromatic nitrogens is 2. The molecule has 0 saturated carbocycles. The van der Waals surface area contributed by atoms with Crippen molar-refractivity contribution in [3.63, 3.8) is 0 Å². The number of carbonyl (C=O) groups is 1. The fourth-order valence-corrected chi connectivity index (χ4v) is 2.70. The summed E-state index contributed by atoms with van der Waals surface area (Å²) in [5.74, 6) is 0.815. The number of rotatable bonds is 2. The molecule has 3 rings (SSSR count). The van der Waals surface area contributed by atoms with Crippen LogP contribution in [0.3, 0.4) is 0 Å². The SMILES string of the molecule is CCc1ccc([C@@H]2CC(=O)Nc3n[nH]c(C)c32)cc1. The van der Waals surface area contributed by atoms with Crippen LogP contribution in [0.1, 0.15) is 41.6 Å². The Bertz CT molecular complexity index is 613. The number of aryl methyl sites for hydroxylation is 2. The molecule has 98 valence electrons. The molecule has 1 atom stereocenters. The molecule has 19 heavy (non-hydrogen) atoms. The molecule has 0 aliphatic carbocycles. The average Bonchev–Trinajstić information content (AvgIpc) is 2.79. The molecule has 0 unspecified atom stereocenters. The minimum absolute atomic E-state index is 0.0311. The Morgan fingerprint density at radius 2 is 2.05 bits per heavy atom. The van der Waals surface area contributed by atoms with Crippen LogP contribution in [0.4, 0.5) is 5.82 Å². The third kappa shape index (κ3) is 2.03. The van der Waals surface area contributed by atoms with E-state index in [2.05, 4.69) is 46.7 Å². The van der Waals surface area contributed by atoms with E-state index in [-0.39, 0.29) is 11.8 Å². The molecule has 4 heteroatoms. The standard InChI is InChI=1S/C15H17N3O/c1-3-10-4-6-11(7-5-10)12-8-13(19)16-15-14(12)9(2)17-18-15/h4-7,12H,3,8H2,1-2H3,(H2,16,17,18,19)/t12-/m0/s1. The summed E-state index contributed by atoms with van der Waals surface area (Å²) in [6.07, 6.45) is 1.51. The summed E-state index contributed by atoms with van der Waals surface area (Å²) in [6.45, 7) is 4.14. The minimum Gasteiger partial charge on any atom is -0.309 e. The topological polar surface area (TPSA) is 57.8 Å². The van der Waals surface area contributed by atoms with E-state index in [1.807, 2.05) is 6.92 Å². The summed E-state index contributed by atoms with van der Waals surface area (Å²) >= 11 is 0. The zero-order valence-electron chi connectivity index (χ0n) is 11.2. The quantitative estimate of drug-likeness (QED) is 0.867. The Hall–Kier alpha value is -2.10. The molecule has 2 aromatic rings. The number of aromatic amines is 1. The largest absolute Gasteiger partial charge is 0.309 e. The summed E-state index contributed by atoms with van der Waals surface area (Å²) in [5.41, 5.74) is 4.63. The van der Waals surface area contributed by atoms with Crippen LogP contribution in [0, 0.1) is 6.92 Å². The van der Waals surface area contributed by atoms with Gasteiger partial charge >= 0.3 is 0 Å². The van der Waals surface area contributed by atoms with E-state index in [0.29, 0.717) is 12.2 Å². The van der Waals surface area contributed by atoms with Crippen molar-refractivity contribution in [3.05, 3.63) is 46.6 Å². The molecule has 0 saturated heterocycles. The number of fused-ring (bicyclic) bond motifs is 1. The summed E-state index contributed by atoms with van der Waals surface area (Å²) in [4.78, 5) is 11.8. The molecule has 1 aliphatic rings. The Morgan fingerprint density at radius 1 is 1.32 bits per heavy atom. The number of nitrogens with one attached hydrogen (secondary N) is 2. The third-order valence-corrected chi connectivity index (χ3v) is 3.78. The first-order valence-corrected chi connectivity index (χ1v) is 6.62. The first-order chi connectivity index (χ1) is 9.19. The number of hydrogen-bond acceptors (Lipinski definition) is 2. The van der Waals surface area contributed by atoms with Gasteiger partial charge in [-0.25, -0.2) is 0 Å². The molecule has 0 radical (unpaired) electrons. The Morgan fingerprint density at radius 3 is 2.74 bits per heavy atom. The monoisotopic (exact) mass is 255 g/mol. The summed E-state index contributed by atoms with van der Waals surface area (Å²) < 4.78 is 0. The Balaban J connectivity index is 2.04. The van der Waals surface area contributed by atoms with E-state index in [1.165, 1.54) is 11.1 Å². The number of nitrogens with zero attached hydrogens (tertiary/aromatic N) is 1. The van der Waals surface area contributed by atoms with E-state index >= 15 is 0 Å². The zero-order chi connectivity index (χ0) is 13.4. The van der Waals surface area contributed by atoms with Gasteiger partial charge in [0, 0.05) is 23.6 Å². The maximum Gasteiger partial charge on any atom is 0.226 e. The van der Waals surface area contributed by atoms with Crippen molar-refractivity contribution in [2.45, 2.75) is 32.6 Å². The van der Waals surface area contributed by atoms with Crippen LogP contribution < -0.4 is 5.32 Å². The van der Waals surface area contributed by atoms with E-state index in [4.69, 9.17) is 0 Å². The molecule has 1 amide bonds. The normalized spacial score (nSPS) is 18.0. The van der Waals surface area contributed by atoms with Gasteiger partial charge in [-0.2, -0.15) is 5.10 Å². The lowest BCUT2D eigenvalue weighted by atomic mass is 9.85. The molecule has 1 aromatic heterocycles. The molecule has 4 nitrogen and oxygen atoms in total. The number of H-pyrrole nitrogens is 1. The first kappa shape index (κ1) is 12.0.